The van der Waals surface area contributed by atoms with Crippen molar-refractivity contribution in [3.05, 3.63) is 35.4 Å². The Labute approximate surface area is 122 Å². The Morgan fingerprint density at radius 1 is 0.632 bits per heavy atom. The highest BCUT2D eigenvalue weighted by atomic mass is 14.2. The summed E-state index contributed by atoms with van der Waals surface area (Å²) < 4.78 is 0. The van der Waals surface area contributed by atoms with Gasteiger partial charge in [0, 0.05) is 0 Å². The second kappa shape index (κ2) is 9.18. The van der Waals surface area contributed by atoms with Crippen molar-refractivity contribution in [1.29, 1.82) is 0 Å². The second-order valence-corrected chi connectivity index (χ2v) is 6.78. The average Bonchev–Trinajstić information content (AvgIpc) is 2.31. The maximum absolute atomic E-state index is 2.25. The van der Waals surface area contributed by atoms with Gasteiger partial charge in [-0.3, -0.25) is 0 Å². The molecule has 0 bridgehead atoms. The molecule has 0 saturated carbocycles. The van der Waals surface area contributed by atoms with Crippen LogP contribution in [0, 0.1) is 0 Å². The molecule has 19 heavy (non-hydrogen) atoms. The Balaban J connectivity index is 0. The van der Waals surface area contributed by atoms with E-state index >= 15 is 0 Å². The fourth-order valence-electron chi connectivity index (χ4n) is 1.47. The van der Waals surface area contributed by atoms with E-state index in [1.165, 1.54) is 17.5 Å². The second-order valence-electron chi connectivity index (χ2n) is 6.78. The summed E-state index contributed by atoms with van der Waals surface area (Å²) in [6.45, 7) is 21.7. The number of benzene rings is 1. The third-order valence-electron chi connectivity index (χ3n) is 2.62. The summed E-state index contributed by atoms with van der Waals surface area (Å²) in [5.41, 5.74) is 3.34. The molecule has 1 rings (SSSR count). The molecule has 0 heterocycles. The molecule has 0 fully saturated rings. The molecule has 0 aliphatic carbocycles. The monoisotopic (exact) mass is 264 g/mol. The minimum absolute atomic E-state index is 0.260. The molecule has 0 N–H and O–H groups in total. The van der Waals surface area contributed by atoms with Crippen LogP contribution in [0.2, 0.25) is 0 Å². The van der Waals surface area contributed by atoms with Crippen LogP contribution in [0.4, 0.5) is 0 Å². The Kier molecular flexibility index (Phi) is 9.92. The summed E-state index contributed by atoms with van der Waals surface area (Å²) in [7, 11) is 0. The molecule has 0 aromatic heterocycles. The van der Waals surface area contributed by atoms with Gasteiger partial charge in [0.15, 0.2) is 0 Å². The quantitative estimate of drug-likeness (QED) is 0.487. The minimum Gasteiger partial charge on any atom is -0.0683 e. The number of hydrogen-bond acceptors (Lipinski definition) is 0. The van der Waals surface area contributed by atoms with Crippen molar-refractivity contribution in [1.82, 2.24) is 0 Å². The molecular formula is C19H36. The first-order valence-electron chi connectivity index (χ1n) is 7.74. The van der Waals surface area contributed by atoms with Gasteiger partial charge in [-0.2, -0.15) is 0 Å². The lowest BCUT2D eigenvalue weighted by molar-refractivity contribution is 0.577. The van der Waals surface area contributed by atoms with Crippen LogP contribution >= 0.6 is 0 Å². The SMILES string of the molecule is CC.CC(C)(C)c1ccc(C(C)(C)C)cc1.CCC. The molecule has 0 nitrogen and oxygen atoms in total. The van der Waals surface area contributed by atoms with Crippen LogP contribution in [0.1, 0.15) is 86.8 Å². The van der Waals surface area contributed by atoms with E-state index in [9.17, 15) is 0 Å². The van der Waals surface area contributed by atoms with E-state index in [2.05, 4.69) is 79.7 Å². The zero-order chi connectivity index (χ0) is 15.7. The first-order valence-corrected chi connectivity index (χ1v) is 7.74. The Morgan fingerprint density at radius 2 is 0.789 bits per heavy atom. The molecule has 0 heteroatoms. The van der Waals surface area contributed by atoms with Gasteiger partial charge in [-0.15, -0.1) is 0 Å². The van der Waals surface area contributed by atoms with Crippen LogP contribution in [-0.2, 0) is 10.8 Å². The molecule has 0 aliphatic rings. The van der Waals surface area contributed by atoms with E-state index in [0.29, 0.717) is 0 Å². The normalized spacial score (nSPS) is 10.8. The predicted molar refractivity (Wildman–Crippen MR) is 91.2 cm³/mol. The standard InChI is InChI=1S/C14H22.C3H8.C2H6/c1-13(2,3)11-7-9-12(10-8-11)14(4,5)6;1-3-2;1-2/h7-10H,1-6H3;3H2,1-2H3;1-2H3. The van der Waals surface area contributed by atoms with Gasteiger partial charge in [-0.05, 0) is 22.0 Å². The van der Waals surface area contributed by atoms with E-state index in [0.717, 1.165) is 0 Å². The first-order chi connectivity index (χ1) is 8.62. The summed E-state index contributed by atoms with van der Waals surface area (Å²) in [4.78, 5) is 0. The van der Waals surface area contributed by atoms with Crippen LogP contribution in [0.15, 0.2) is 24.3 Å². The smallest absolute Gasteiger partial charge is 0.0132 e. The van der Waals surface area contributed by atoms with Gasteiger partial charge in [-0.25, -0.2) is 0 Å². The molecule has 1 aromatic carbocycles. The summed E-state index contributed by atoms with van der Waals surface area (Å²) >= 11 is 0. The molecule has 0 atom stereocenters. The van der Waals surface area contributed by atoms with Gasteiger partial charge in [-0.1, -0.05) is 99.9 Å². The largest absolute Gasteiger partial charge is 0.0683 e. The summed E-state index contributed by atoms with van der Waals surface area (Å²) in [6, 6.07) is 9.00. The average molecular weight is 264 g/mol. The maximum Gasteiger partial charge on any atom is -0.0132 e. The minimum atomic E-state index is 0.260. The van der Waals surface area contributed by atoms with Crippen molar-refractivity contribution < 1.29 is 0 Å². The van der Waals surface area contributed by atoms with Gasteiger partial charge in [0.1, 0.15) is 0 Å². The van der Waals surface area contributed by atoms with Crippen LogP contribution in [0.5, 0.6) is 0 Å². The van der Waals surface area contributed by atoms with Crippen LogP contribution < -0.4 is 0 Å². The molecule has 0 amide bonds. The molecular weight excluding hydrogens is 228 g/mol. The molecule has 112 valence electrons. The third kappa shape index (κ3) is 8.86. The fraction of sp³-hybridized carbons (Fsp3) is 0.684. The molecule has 0 saturated heterocycles. The lowest BCUT2D eigenvalue weighted by atomic mass is 9.82. The zero-order valence-electron chi connectivity index (χ0n) is 15.0. The lowest BCUT2D eigenvalue weighted by Gasteiger charge is -2.23. The van der Waals surface area contributed by atoms with Crippen molar-refractivity contribution in [3.8, 4) is 0 Å². The van der Waals surface area contributed by atoms with Crippen molar-refractivity contribution in [2.45, 2.75) is 86.5 Å². The zero-order valence-corrected chi connectivity index (χ0v) is 15.0. The highest BCUT2D eigenvalue weighted by Gasteiger charge is 2.16. The van der Waals surface area contributed by atoms with Crippen molar-refractivity contribution >= 4 is 0 Å². The lowest BCUT2D eigenvalue weighted by Crippen LogP contribution is -2.14. The van der Waals surface area contributed by atoms with Gasteiger partial charge >= 0.3 is 0 Å². The van der Waals surface area contributed by atoms with Gasteiger partial charge < -0.3 is 0 Å². The van der Waals surface area contributed by atoms with E-state index in [1.807, 2.05) is 13.8 Å². The number of rotatable bonds is 0. The van der Waals surface area contributed by atoms with Crippen molar-refractivity contribution in [3.63, 3.8) is 0 Å². The molecule has 1 aromatic rings. The van der Waals surface area contributed by atoms with Gasteiger partial charge in [0.25, 0.3) is 0 Å². The molecule has 0 radical (unpaired) electrons. The van der Waals surface area contributed by atoms with Crippen LogP contribution in [-0.4, -0.2) is 0 Å². The first kappa shape index (κ1) is 20.5. The molecule has 0 unspecified atom stereocenters. The van der Waals surface area contributed by atoms with Gasteiger partial charge in [0.05, 0.1) is 0 Å². The Morgan fingerprint density at radius 3 is 0.895 bits per heavy atom. The third-order valence-corrected chi connectivity index (χ3v) is 2.62. The van der Waals surface area contributed by atoms with E-state index in [1.54, 1.807) is 0 Å². The van der Waals surface area contributed by atoms with Crippen LogP contribution in [0.25, 0.3) is 0 Å². The van der Waals surface area contributed by atoms with Gasteiger partial charge in [0.2, 0.25) is 0 Å². The van der Waals surface area contributed by atoms with Crippen LogP contribution in [0.3, 0.4) is 0 Å². The summed E-state index contributed by atoms with van der Waals surface area (Å²) in [5.74, 6) is 0. The Hall–Kier alpha value is -0.780. The van der Waals surface area contributed by atoms with E-state index in [4.69, 9.17) is 0 Å². The van der Waals surface area contributed by atoms with E-state index < -0.39 is 0 Å². The predicted octanol–water partition coefficient (Wildman–Crippen LogP) is 6.72. The topological polar surface area (TPSA) is 0 Å². The Bertz CT molecular complexity index is 270. The molecule has 0 spiro atoms. The number of hydrogen-bond donors (Lipinski definition) is 0. The van der Waals surface area contributed by atoms with Crippen molar-refractivity contribution in [2.24, 2.45) is 0 Å². The summed E-state index contributed by atoms with van der Waals surface area (Å²) in [6.07, 6.45) is 1.25. The highest BCUT2D eigenvalue weighted by molar-refractivity contribution is 5.30. The fourth-order valence-corrected chi connectivity index (χ4v) is 1.47. The van der Waals surface area contributed by atoms with E-state index in [-0.39, 0.29) is 10.8 Å². The maximum atomic E-state index is 2.25. The highest BCUT2D eigenvalue weighted by Crippen LogP contribution is 2.26. The van der Waals surface area contributed by atoms with Crippen molar-refractivity contribution in [2.75, 3.05) is 0 Å². The summed E-state index contributed by atoms with van der Waals surface area (Å²) in [5, 5.41) is 0. The molecule has 0 aliphatic heterocycles.